The van der Waals surface area contributed by atoms with Crippen LogP contribution in [-0.4, -0.2) is 22.5 Å². The van der Waals surface area contributed by atoms with E-state index in [4.69, 9.17) is 28.6 Å². The first kappa shape index (κ1) is 24.0. The number of ether oxygens (including phenoxy) is 1. The summed E-state index contributed by atoms with van der Waals surface area (Å²) in [7, 11) is 0. The molecule has 0 radical (unpaired) electrons. The standard InChI is InChI=1S/C20H21BrClN3O4S/c1-2-3-4-5-10-29-18-9-6-13(21)11-15(18)19(26)24-20(30)23-17-8-7-14(25(27)28)12-16(17)22/h6-9,11-12H,2-5,10H2,1H3,(H2,23,24,26,30). The van der Waals surface area contributed by atoms with Crippen LogP contribution < -0.4 is 15.4 Å². The predicted molar refractivity (Wildman–Crippen MR) is 126 cm³/mol. The Morgan fingerprint density at radius 2 is 2.00 bits per heavy atom. The monoisotopic (exact) mass is 513 g/mol. The number of carbonyl (C=O) groups excluding carboxylic acids is 1. The van der Waals surface area contributed by atoms with Gasteiger partial charge in [0.1, 0.15) is 5.75 Å². The molecule has 0 aliphatic carbocycles. The maximum atomic E-state index is 12.7. The van der Waals surface area contributed by atoms with Crippen LogP contribution in [0.4, 0.5) is 11.4 Å². The van der Waals surface area contributed by atoms with Gasteiger partial charge in [-0.05, 0) is 42.9 Å². The number of nitrogens with one attached hydrogen (secondary N) is 2. The molecule has 0 fully saturated rings. The molecule has 0 unspecified atom stereocenters. The third-order valence-electron chi connectivity index (χ3n) is 4.08. The minimum atomic E-state index is -0.549. The summed E-state index contributed by atoms with van der Waals surface area (Å²) >= 11 is 14.6. The van der Waals surface area contributed by atoms with E-state index in [9.17, 15) is 14.9 Å². The van der Waals surface area contributed by atoms with Gasteiger partial charge >= 0.3 is 0 Å². The van der Waals surface area contributed by atoms with Crippen molar-refractivity contribution >= 4 is 62.1 Å². The Morgan fingerprint density at radius 3 is 2.67 bits per heavy atom. The van der Waals surface area contributed by atoms with E-state index < -0.39 is 10.8 Å². The molecule has 1 amide bonds. The Labute approximate surface area is 193 Å². The van der Waals surface area contributed by atoms with Crippen molar-refractivity contribution in [3.8, 4) is 5.75 Å². The lowest BCUT2D eigenvalue weighted by molar-refractivity contribution is -0.384. The Hall–Kier alpha value is -2.23. The molecule has 0 aromatic heterocycles. The summed E-state index contributed by atoms with van der Waals surface area (Å²) in [6, 6.07) is 9.08. The minimum Gasteiger partial charge on any atom is -0.493 e. The predicted octanol–water partition coefficient (Wildman–Crippen LogP) is 6.10. The molecule has 0 atom stereocenters. The van der Waals surface area contributed by atoms with Gasteiger partial charge in [0.15, 0.2) is 5.11 Å². The number of non-ortho nitro benzene ring substituents is 1. The molecule has 0 aliphatic rings. The van der Waals surface area contributed by atoms with Crippen LogP contribution in [0.5, 0.6) is 5.75 Å². The third-order valence-corrected chi connectivity index (χ3v) is 5.09. The lowest BCUT2D eigenvalue weighted by Crippen LogP contribution is -2.34. The van der Waals surface area contributed by atoms with Gasteiger partial charge in [-0.2, -0.15) is 0 Å². The van der Waals surface area contributed by atoms with E-state index in [1.54, 1.807) is 18.2 Å². The van der Waals surface area contributed by atoms with Crippen LogP contribution in [-0.2, 0) is 0 Å². The van der Waals surface area contributed by atoms with E-state index in [1.165, 1.54) is 18.2 Å². The average Bonchev–Trinajstić information content (AvgIpc) is 2.70. The smallest absolute Gasteiger partial charge is 0.271 e. The van der Waals surface area contributed by atoms with Crippen molar-refractivity contribution in [2.45, 2.75) is 32.6 Å². The fourth-order valence-electron chi connectivity index (χ4n) is 2.56. The van der Waals surface area contributed by atoms with Crippen molar-refractivity contribution in [1.29, 1.82) is 0 Å². The molecule has 2 aromatic rings. The Bertz CT molecular complexity index is 942. The molecule has 2 aromatic carbocycles. The van der Waals surface area contributed by atoms with E-state index in [0.29, 0.717) is 23.6 Å². The molecule has 30 heavy (non-hydrogen) atoms. The van der Waals surface area contributed by atoms with Gasteiger partial charge in [-0.15, -0.1) is 0 Å². The van der Waals surface area contributed by atoms with Gasteiger partial charge in [0.05, 0.1) is 27.8 Å². The van der Waals surface area contributed by atoms with Crippen LogP contribution in [0.2, 0.25) is 5.02 Å². The molecule has 7 nitrogen and oxygen atoms in total. The second kappa shape index (κ2) is 11.8. The van der Waals surface area contributed by atoms with Crippen molar-refractivity contribution in [2.24, 2.45) is 0 Å². The number of benzene rings is 2. The first-order chi connectivity index (χ1) is 14.3. The lowest BCUT2D eigenvalue weighted by Gasteiger charge is -2.14. The number of carbonyl (C=O) groups is 1. The normalized spacial score (nSPS) is 10.4. The highest BCUT2D eigenvalue weighted by Gasteiger charge is 2.16. The number of amides is 1. The maximum absolute atomic E-state index is 12.7. The molecule has 10 heteroatoms. The molecule has 2 rings (SSSR count). The summed E-state index contributed by atoms with van der Waals surface area (Å²) in [5.41, 5.74) is 0.531. The quantitative estimate of drug-likeness (QED) is 0.182. The van der Waals surface area contributed by atoms with Gasteiger partial charge in [0, 0.05) is 16.6 Å². The minimum absolute atomic E-state index is 0.00428. The SMILES string of the molecule is CCCCCCOc1ccc(Br)cc1C(=O)NC(=S)Nc1ccc([N+](=O)[O-])cc1Cl. The first-order valence-electron chi connectivity index (χ1n) is 9.30. The topological polar surface area (TPSA) is 93.5 Å². The number of anilines is 1. The molecule has 0 aliphatic heterocycles. The van der Waals surface area contributed by atoms with Crippen molar-refractivity contribution < 1.29 is 14.5 Å². The highest BCUT2D eigenvalue weighted by Crippen LogP contribution is 2.27. The summed E-state index contributed by atoms with van der Waals surface area (Å²) < 4.78 is 6.51. The van der Waals surface area contributed by atoms with Crippen LogP contribution in [0.1, 0.15) is 43.0 Å². The fraction of sp³-hybridized carbons (Fsp3) is 0.300. The highest BCUT2D eigenvalue weighted by molar-refractivity contribution is 9.10. The number of hydrogen-bond acceptors (Lipinski definition) is 5. The number of hydrogen-bond donors (Lipinski definition) is 2. The van der Waals surface area contributed by atoms with E-state index in [0.717, 1.165) is 30.2 Å². The van der Waals surface area contributed by atoms with Gasteiger partial charge in [0.2, 0.25) is 0 Å². The van der Waals surface area contributed by atoms with Crippen molar-refractivity contribution in [3.05, 3.63) is 61.6 Å². The lowest BCUT2D eigenvalue weighted by atomic mass is 10.2. The zero-order valence-corrected chi connectivity index (χ0v) is 19.4. The van der Waals surface area contributed by atoms with E-state index >= 15 is 0 Å². The summed E-state index contributed by atoms with van der Waals surface area (Å²) in [6.45, 7) is 2.65. The Balaban J connectivity index is 2.03. The van der Waals surface area contributed by atoms with Crippen LogP contribution in [0.15, 0.2) is 40.9 Å². The van der Waals surface area contributed by atoms with Gasteiger partial charge < -0.3 is 10.1 Å². The molecule has 0 spiro atoms. The molecular formula is C20H21BrClN3O4S. The molecule has 160 valence electrons. The second-order valence-electron chi connectivity index (χ2n) is 6.38. The summed E-state index contributed by atoms with van der Waals surface area (Å²) in [5.74, 6) is 0.0127. The van der Waals surface area contributed by atoms with Crippen molar-refractivity contribution in [2.75, 3.05) is 11.9 Å². The average molecular weight is 515 g/mol. The second-order valence-corrected chi connectivity index (χ2v) is 8.11. The highest BCUT2D eigenvalue weighted by atomic mass is 79.9. The third kappa shape index (κ3) is 7.23. The number of thiocarbonyl (C=S) groups is 1. The number of nitro benzene ring substituents is 1. The summed E-state index contributed by atoms with van der Waals surface area (Å²) in [6.07, 6.45) is 4.25. The Morgan fingerprint density at radius 1 is 1.23 bits per heavy atom. The fourth-order valence-corrected chi connectivity index (χ4v) is 3.35. The zero-order valence-electron chi connectivity index (χ0n) is 16.2. The molecule has 0 saturated heterocycles. The largest absolute Gasteiger partial charge is 0.493 e. The Kier molecular flexibility index (Phi) is 9.48. The molecule has 0 saturated carbocycles. The molecule has 0 bridgehead atoms. The first-order valence-corrected chi connectivity index (χ1v) is 10.9. The van der Waals surface area contributed by atoms with Gasteiger partial charge in [0.25, 0.3) is 11.6 Å². The van der Waals surface area contributed by atoms with E-state index in [2.05, 4.69) is 33.5 Å². The van der Waals surface area contributed by atoms with Crippen molar-refractivity contribution in [1.82, 2.24) is 5.32 Å². The zero-order chi connectivity index (χ0) is 22.1. The maximum Gasteiger partial charge on any atom is 0.271 e. The van der Waals surface area contributed by atoms with E-state index in [1.807, 2.05) is 0 Å². The number of rotatable bonds is 9. The number of nitrogens with zero attached hydrogens (tertiary/aromatic N) is 1. The summed E-state index contributed by atoms with van der Waals surface area (Å²) in [4.78, 5) is 23.0. The van der Waals surface area contributed by atoms with Gasteiger partial charge in [-0.1, -0.05) is 53.7 Å². The van der Waals surface area contributed by atoms with Crippen LogP contribution in [0.3, 0.4) is 0 Å². The van der Waals surface area contributed by atoms with Gasteiger partial charge in [-0.3, -0.25) is 20.2 Å². The summed E-state index contributed by atoms with van der Waals surface area (Å²) in [5, 5.41) is 16.3. The van der Waals surface area contributed by atoms with E-state index in [-0.39, 0.29) is 15.8 Å². The van der Waals surface area contributed by atoms with Crippen LogP contribution in [0.25, 0.3) is 0 Å². The van der Waals surface area contributed by atoms with Gasteiger partial charge in [-0.25, -0.2) is 0 Å². The molecule has 0 heterocycles. The van der Waals surface area contributed by atoms with Crippen LogP contribution >= 0.6 is 39.7 Å². The number of unbranched alkanes of at least 4 members (excludes halogenated alkanes) is 3. The molecule has 2 N–H and O–H groups in total. The van der Waals surface area contributed by atoms with Crippen molar-refractivity contribution in [3.63, 3.8) is 0 Å². The number of nitro groups is 1. The van der Waals surface area contributed by atoms with Crippen LogP contribution in [0, 0.1) is 10.1 Å². The number of halogens is 2. The molecular weight excluding hydrogens is 494 g/mol.